The fourth-order valence-electron chi connectivity index (χ4n) is 2.83. The van der Waals surface area contributed by atoms with E-state index in [1.165, 1.54) is 0 Å². The Kier molecular flexibility index (Phi) is 6.20. The number of carbonyl (C=O) groups excluding carboxylic acids is 2. The molecule has 1 aliphatic rings. The van der Waals surface area contributed by atoms with Gasteiger partial charge in [0.2, 0.25) is 0 Å². The Bertz CT molecular complexity index is 543. The van der Waals surface area contributed by atoms with Crippen molar-refractivity contribution in [2.24, 2.45) is 0 Å². The Morgan fingerprint density at radius 2 is 2.22 bits per heavy atom. The second-order valence-corrected chi connectivity index (χ2v) is 5.44. The average Bonchev–Trinajstić information content (AvgIpc) is 2.94. The van der Waals surface area contributed by atoms with E-state index in [4.69, 9.17) is 9.47 Å². The van der Waals surface area contributed by atoms with Gasteiger partial charge in [0, 0.05) is 6.04 Å². The SMILES string of the molecule is C=CCC[C@@H](CC(=O)OCC)N1C(=O)OC[C@H]1c1ccccc1. The molecule has 1 aromatic carbocycles. The Morgan fingerprint density at radius 1 is 1.48 bits per heavy atom. The van der Waals surface area contributed by atoms with Crippen LogP contribution in [0.5, 0.6) is 0 Å². The molecule has 5 heteroatoms. The van der Waals surface area contributed by atoms with Crippen molar-refractivity contribution >= 4 is 12.1 Å². The summed E-state index contributed by atoms with van der Waals surface area (Å²) < 4.78 is 10.3. The molecule has 1 aromatic rings. The van der Waals surface area contributed by atoms with Crippen molar-refractivity contribution in [3.63, 3.8) is 0 Å². The maximum Gasteiger partial charge on any atom is 0.410 e. The highest BCUT2D eigenvalue weighted by atomic mass is 16.6. The Hall–Kier alpha value is -2.30. The first-order valence-corrected chi connectivity index (χ1v) is 7.94. The summed E-state index contributed by atoms with van der Waals surface area (Å²) in [4.78, 5) is 25.8. The van der Waals surface area contributed by atoms with Crippen molar-refractivity contribution < 1.29 is 19.1 Å². The molecule has 0 saturated carbocycles. The molecule has 0 N–H and O–H groups in total. The van der Waals surface area contributed by atoms with Crippen LogP contribution < -0.4 is 0 Å². The van der Waals surface area contributed by atoms with E-state index >= 15 is 0 Å². The Labute approximate surface area is 136 Å². The third-order valence-electron chi connectivity index (χ3n) is 3.90. The first kappa shape index (κ1) is 17.1. The lowest BCUT2D eigenvalue weighted by molar-refractivity contribution is -0.144. The molecule has 0 radical (unpaired) electrons. The molecule has 5 nitrogen and oxygen atoms in total. The van der Waals surface area contributed by atoms with E-state index in [2.05, 4.69) is 6.58 Å². The Morgan fingerprint density at radius 3 is 2.87 bits per heavy atom. The monoisotopic (exact) mass is 317 g/mol. The van der Waals surface area contributed by atoms with Crippen molar-refractivity contribution in [1.82, 2.24) is 4.90 Å². The first-order chi connectivity index (χ1) is 11.2. The lowest BCUT2D eigenvalue weighted by atomic mass is 10.0. The van der Waals surface area contributed by atoms with Crippen LogP contribution in [0.1, 0.15) is 37.8 Å². The average molecular weight is 317 g/mol. The molecule has 2 rings (SSSR count). The van der Waals surface area contributed by atoms with E-state index in [1.807, 2.05) is 30.3 Å². The van der Waals surface area contributed by atoms with Crippen molar-refractivity contribution in [2.45, 2.75) is 38.3 Å². The molecule has 0 bridgehead atoms. The molecule has 0 spiro atoms. The third kappa shape index (κ3) is 4.34. The smallest absolute Gasteiger partial charge is 0.410 e. The predicted octanol–water partition coefficient (Wildman–Crippen LogP) is 3.47. The first-order valence-electron chi connectivity index (χ1n) is 7.94. The number of hydrogen-bond acceptors (Lipinski definition) is 4. The van der Waals surface area contributed by atoms with Gasteiger partial charge in [-0.2, -0.15) is 0 Å². The van der Waals surface area contributed by atoms with Gasteiger partial charge in [-0.25, -0.2) is 4.79 Å². The number of rotatable bonds is 8. The normalized spacial score (nSPS) is 18.4. The van der Waals surface area contributed by atoms with Crippen LogP contribution in [0.15, 0.2) is 43.0 Å². The standard InChI is InChI=1S/C18H23NO4/c1-3-5-11-15(12-17(20)22-4-2)19-16(13-23-18(19)21)14-9-7-6-8-10-14/h3,6-10,15-16H,1,4-5,11-13H2,2H3/t15-,16-/m0/s1. The molecule has 1 heterocycles. The zero-order valence-electron chi connectivity index (χ0n) is 13.4. The molecule has 2 atom stereocenters. The van der Waals surface area contributed by atoms with Gasteiger partial charge in [0.1, 0.15) is 6.61 Å². The molecule has 1 aliphatic heterocycles. The number of nitrogens with zero attached hydrogens (tertiary/aromatic N) is 1. The van der Waals surface area contributed by atoms with Crippen LogP contribution >= 0.6 is 0 Å². The van der Waals surface area contributed by atoms with E-state index < -0.39 is 0 Å². The van der Waals surface area contributed by atoms with E-state index in [0.29, 0.717) is 19.6 Å². The Balaban J connectivity index is 2.20. The predicted molar refractivity (Wildman–Crippen MR) is 86.8 cm³/mol. The van der Waals surface area contributed by atoms with Crippen molar-refractivity contribution in [1.29, 1.82) is 0 Å². The molecular weight excluding hydrogens is 294 g/mol. The topological polar surface area (TPSA) is 55.8 Å². The number of allylic oxidation sites excluding steroid dienone is 1. The molecule has 1 amide bonds. The highest BCUT2D eigenvalue weighted by Gasteiger charge is 2.39. The van der Waals surface area contributed by atoms with E-state index in [-0.39, 0.29) is 30.6 Å². The molecular formula is C18H23NO4. The summed E-state index contributed by atoms with van der Waals surface area (Å²) in [6.07, 6.45) is 2.95. The lowest BCUT2D eigenvalue weighted by Crippen LogP contribution is -2.39. The van der Waals surface area contributed by atoms with Crippen LogP contribution in [-0.2, 0) is 14.3 Å². The highest BCUT2D eigenvalue weighted by Crippen LogP contribution is 2.32. The van der Waals surface area contributed by atoms with E-state index in [1.54, 1.807) is 17.9 Å². The number of cyclic esters (lactones) is 1. The van der Waals surface area contributed by atoms with Crippen molar-refractivity contribution in [3.05, 3.63) is 48.6 Å². The minimum absolute atomic E-state index is 0.167. The third-order valence-corrected chi connectivity index (χ3v) is 3.90. The summed E-state index contributed by atoms with van der Waals surface area (Å²) >= 11 is 0. The van der Waals surface area contributed by atoms with Gasteiger partial charge < -0.3 is 9.47 Å². The summed E-state index contributed by atoms with van der Waals surface area (Å²) in [5, 5.41) is 0. The minimum Gasteiger partial charge on any atom is -0.466 e. The van der Waals surface area contributed by atoms with Crippen LogP contribution in [0.3, 0.4) is 0 Å². The summed E-state index contributed by atoms with van der Waals surface area (Å²) in [5.41, 5.74) is 1.01. The van der Waals surface area contributed by atoms with Crippen LogP contribution in [0.4, 0.5) is 4.79 Å². The zero-order valence-corrected chi connectivity index (χ0v) is 13.4. The maximum absolute atomic E-state index is 12.2. The van der Waals surface area contributed by atoms with Crippen LogP contribution in [0.25, 0.3) is 0 Å². The number of hydrogen-bond donors (Lipinski definition) is 0. The second-order valence-electron chi connectivity index (χ2n) is 5.44. The van der Waals surface area contributed by atoms with Gasteiger partial charge in [-0.1, -0.05) is 36.4 Å². The van der Waals surface area contributed by atoms with Gasteiger partial charge in [-0.3, -0.25) is 9.69 Å². The number of carbonyl (C=O) groups is 2. The van der Waals surface area contributed by atoms with E-state index in [9.17, 15) is 9.59 Å². The van der Waals surface area contributed by atoms with Gasteiger partial charge >= 0.3 is 12.1 Å². The van der Waals surface area contributed by atoms with Gasteiger partial charge in [-0.15, -0.1) is 6.58 Å². The number of ether oxygens (including phenoxy) is 2. The highest BCUT2D eigenvalue weighted by molar-refractivity contribution is 5.74. The summed E-state index contributed by atoms with van der Waals surface area (Å²) in [6.45, 7) is 6.13. The lowest BCUT2D eigenvalue weighted by Gasteiger charge is -2.30. The molecule has 23 heavy (non-hydrogen) atoms. The van der Waals surface area contributed by atoms with Crippen LogP contribution in [0, 0.1) is 0 Å². The zero-order chi connectivity index (χ0) is 16.7. The molecule has 124 valence electrons. The van der Waals surface area contributed by atoms with E-state index in [0.717, 1.165) is 12.0 Å². The number of amides is 1. The quantitative estimate of drug-likeness (QED) is 0.544. The minimum atomic E-state index is -0.378. The fraction of sp³-hybridized carbons (Fsp3) is 0.444. The van der Waals surface area contributed by atoms with Crippen LogP contribution in [0.2, 0.25) is 0 Å². The van der Waals surface area contributed by atoms with Gasteiger partial charge in [0.25, 0.3) is 0 Å². The largest absolute Gasteiger partial charge is 0.466 e. The summed E-state index contributed by atoms with van der Waals surface area (Å²) in [5.74, 6) is -0.298. The summed E-state index contributed by atoms with van der Waals surface area (Å²) in [7, 11) is 0. The number of benzene rings is 1. The molecule has 0 aliphatic carbocycles. The fourth-order valence-corrected chi connectivity index (χ4v) is 2.83. The summed E-state index contributed by atoms with van der Waals surface area (Å²) in [6, 6.07) is 9.30. The van der Waals surface area contributed by atoms with Gasteiger partial charge in [0.05, 0.1) is 19.1 Å². The van der Waals surface area contributed by atoms with Crippen molar-refractivity contribution in [3.8, 4) is 0 Å². The second kappa shape index (κ2) is 8.36. The van der Waals surface area contributed by atoms with Gasteiger partial charge in [0.15, 0.2) is 0 Å². The maximum atomic E-state index is 12.2. The number of esters is 1. The van der Waals surface area contributed by atoms with Crippen LogP contribution in [-0.4, -0.2) is 36.2 Å². The molecule has 1 fully saturated rings. The molecule has 0 aromatic heterocycles. The molecule has 1 saturated heterocycles. The van der Waals surface area contributed by atoms with Crippen molar-refractivity contribution in [2.75, 3.05) is 13.2 Å². The molecule has 0 unspecified atom stereocenters. The van der Waals surface area contributed by atoms with Gasteiger partial charge in [-0.05, 0) is 25.3 Å².